The Balaban J connectivity index is 1.87. The number of nitrogens with zero attached hydrogens (tertiary/aromatic N) is 4. The second-order valence-corrected chi connectivity index (χ2v) is 12.5. The second kappa shape index (κ2) is 9.14. The normalized spacial score (nSPS) is 13.7. The van der Waals surface area contributed by atoms with Gasteiger partial charge in [0.05, 0.1) is 34.4 Å². The molecule has 1 N–H and O–H groups in total. The Morgan fingerprint density at radius 2 is 1.82 bits per heavy atom. The van der Waals surface area contributed by atoms with Crippen LogP contribution in [-0.2, 0) is 9.36 Å². The molecule has 0 aliphatic rings. The van der Waals surface area contributed by atoms with Gasteiger partial charge in [-0.1, -0.05) is 52.7 Å². The first-order valence-corrected chi connectivity index (χ1v) is 13.9. The Morgan fingerprint density at radius 3 is 2.50 bits per heavy atom. The lowest BCUT2D eigenvalue weighted by Crippen LogP contribution is -2.15. The number of carboxylic acids is 1. The zero-order valence-electron chi connectivity index (χ0n) is 19.0. The molecule has 1 unspecified atom stereocenters. The molecule has 0 radical (unpaired) electrons. The molecule has 0 amide bonds. The first-order chi connectivity index (χ1) is 16.0. The number of aliphatic carboxylic acids is 1. The summed E-state index contributed by atoms with van der Waals surface area (Å²) in [7, 11) is -2.63. The monoisotopic (exact) mass is 516 g/mol. The maximum atomic E-state index is 12.7. The van der Waals surface area contributed by atoms with Crippen LogP contribution in [0.2, 0.25) is 10.0 Å². The van der Waals surface area contributed by atoms with Crippen LogP contribution >= 0.6 is 30.3 Å². The third kappa shape index (κ3) is 4.36. The third-order valence-electron chi connectivity index (χ3n) is 5.90. The van der Waals surface area contributed by atoms with Crippen LogP contribution in [0.3, 0.4) is 0 Å². The van der Waals surface area contributed by atoms with Crippen LogP contribution in [-0.4, -0.2) is 44.4 Å². The van der Waals surface area contributed by atoms with Crippen LogP contribution in [0.5, 0.6) is 0 Å². The number of aromatic nitrogens is 4. The lowest BCUT2D eigenvalue weighted by atomic mass is 9.94. The van der Waals surface area contributed by atoms with Gasteiger partial charge in [0.25, 0.3) is 0 Å². The number of hydrogen-bond acceptors (Lipinski definition) is 5. The van der Waals surface area contributed by atoms with Gasteiger partial charge in [-0.3, -0.25) is 9.78 Å². The van der Waals surface area contributed by atoms with Crippen LogP contribution in [0.25, 0.3) is 22.3 Å². The average molecular weight is 517 g/mol. The fourth-order valence-electron chi connectivity index (χ4n) is 4.00. The molecule has 0 fully saturated rings. The smallest absolute Gasteiger partial charge is 0.310 e. The summed E-state index contributed by atoms with van der Waals surface area (Å²) in [6.45, 7) is 6.86. The van der Waals surface area contributed by atoms with E-state index in [0.717, 1.165) is 5.56 Å². The summed E-state index contributed by atoms with van der Waals surface area (Å²) in [5, 5.41) is 19.4. The van der Waals surface area contributed by atoms with Crippen molar-refractivity contribution >= 4 is 52.7 Å². The van der Waals surface area contributed by atoms with E-state index in [2.05, 4.69) is 15.3 Å². The van der Waals surface area contributed by atoms with E-state index in [0.29, 0.717) is 43.2 Å². The summed E-state index contributed by atoms with van der Waals surface area (Å²) in [4.78, 5) is 16.1. The summed E-state index contributed by atoms with van der Waals surface area (Å²) in [6.07, 6.45) is 1.61. The van der Waals surface area contributed by atoms with Gasteiger partial charge in [0, 0.05) is 21.5 Å². The number of hydrogen-bond donors (Lipinski definition) is 1. The largest absolute Gasteiger partial charge is 0.481 e. The van der Waals surface area contributed by atoms with Crippen LogP contribution in [0.15, 0.2) is 48.7 Å². The summed E-state index contributed by atoms with van der Waals surface area (Å²) >= 11 is 13.2. The minimum atomic E-state index is -2.63. The van der Waals surface area contributed by atoms with Crippen LogP contribution in [0.1, 0.15) is 36.9 Å². The number of benzene rings is 2. The zero-order chi connectivity index (χ0) is 24.8. The highest BCUT2D eigenvalue weighted by molar-refractivity contribution is 7.70. The minimum Gasteiger partial charge on any atom is -0.481 e. The van der Waals surface area contributed by atoms with Crippen molar-refractivity contribution in [1.29, 1.82) is 0 Å². The van der Waals surface area contributed by atoms with Crippen molar-refractivity contribution in [3.05, 3.63) is 69.8 Å². The molecule has 4 rings (SSSR count). The molecular formula is C24H23Cl2N4O3P. The topological polar surface area (TPSA) is 98.0 Å². The molecule has 2 aromatic carbocycles. The molecule has 0 saturated carbocycles. The fraction of sp³-hybridized carbons (Fsp3) is 0.250. The number of carboxylic acid groups (broad SMARTS) is 1. The molecule has 7 nitrogen and oxygen atoms in total. The van der Waals surface area contributed by atoms with Gasteiger partial charge in [-0.25, -0.2) is 4.68 Å². The lowest BCUT2D eigenvalue weighted by Gasteiger charge is -2.20. The van der Waals surface area contributed by atoms with E-state index in [1.165, 1.54) is 0 Å². The molecule has 0 aliphatic heterocycles. The highest BCUT2D eigenvalue weighted by Gasteiger charge is 2.25. The van der Waals surface area contributed by atoms with Crippen molar-refractivity contribution in [2.75, 3.05) is 13.3 Å². The Bertz CT molecular complexity index is 1460. The Morgan fingerprint density at radius 1 is 1.12 bits per heavy atom. The summed E-state index contributed by atoms with van der Waals surface area (Å²) < 4.78 is 14.4. The molecule has 176 valence electrons. The quantitative estimate of drug-likeness (QED) is 0.323. The zero-order valence-corrected chi connectivity index (χ0v) is 21.4. The van der Waals surface area contributed by atoms with Crippen LogP contribution < -0.4 is 5.30 Å². The van der Waals surface area contributed by atoms with E-state index in [-0.39, 0.29) is 0 Å². The maximum Gasteiger partial charge on any atom is 0.310 e. The highest BCUT2D eigenvalue weighted by atomic mass is 35.5. The molecule has 2 aromatic heterocycles. The Hall–Kier alpha value is -2.73. The fourth-order valence-corrected chi connectivity index (χ4v) is 6.32. The van der Waals surface area contributed by atoms with Crippen molar-refractivity contribution in [3.63, 3.8) is 0 Å². The molecule has 10 heteroatoms. The van der Waals surface area contributed by atoms with E-state index in [1.807, 2.05) is 31.2 Å². The molecule has 2 heterocycles. The number of rotatable bonds is 6. The van der Waals surface area contributed by atoms with Crippen LogP contribution in [0.4, 0.5) is 0 Å². The number of halogens is 2. The van der Waals surface area contributed by atoms with Crippen molar-refractivity contribution < 1.29 is 14.5 Å². The predicted molar refractivity (Wildman–Crippen MR) is 136 cm³/mol. The summed E-state index contributed by atoms with van der Waals surface area (Å²) in [6, 6.07) is 12.1. The third-order valence-corrected chi connectivity index (χ3v) is 8.30. The standard InChI is InChI=1S/C24H23Cl2N4O3P/c1-13(24(31)32)15-7-5-6-8-16(15)18-11-20-19(12-27-18)28-29-30(20)14(2)22-17(25)9-10-21(23(22)26)34(3,4)33/h5-14H,1-4H3,(H,31,32)/t13?,14-/m1/s1. The summed E-state index contributed by atoms with van der Waals surface area (Å²) in [5.74, 6) is -1.61. The number of pyridine rings is 1. The van der Waals surface area contributed by atoms with E-state index in [4.69, 9.17) is 23.2 Å². The van der Waals surface area contributed by atoms with Crippen molar-refractivity contribution in [3.8, 4) is 11.3 Å². The molecule has 0 saturated heterocycles. The molecule has 4 aromatic rings. The van der Waals surface area contributed by atoms with Crippen molar-refractivity contribution in [2.24, 2.45) is 0 Å². The van der Waals surface area contributed by atoms with E-state index in [9.17, 15) is 14.5 Å². The molecule has 0 aliphatic carbocycles. The summed E-state index contributed by atoms with van der Waals surface area (Å²) in [5.41, 5.74) is 3.84. The van der Waals surface area contributed by atoms with Crippen molar-refractivity contribution in [2.45, 2.75) is 25.8 Å². The maximum absolute atomic E-state index is 12.7. The Kier molecular flexibility index (Phi) is 6.56. The molecular weight excluding hydrogens is 494 g/mol. The molecule has 2 atom stereocenters. The van der Waals surface area contributed by atoms with Crippen molar-refractivity contribution in [1.82, 2.24) is 20.0 Å². The van der Waals surface area contributed by atoms with Gasteiger partial charge < -0.3 is 9.67 Å². The Labute approximate surface area is 207 Å². The predicted octanol–water partition coefficient (Wildman–Crippen LogP) is 5.85. The lowest BCUT2D eigenvalue weighted by molar-refractivity contribution is -0.138. The minimum absolute atomic E-state index is 0.354. The van der Waals surface area contributed by atoms with Gasteiger partial charge in [-0.2, -0.15) is 0 Å². The van der Waals surface area contributed by atoms with E-state index in [1.54, 1.807) is 49.3 Å². The van der Waals surface area contributed by atoms with E-state index >= 15 is 0 Å². The molecule has 0 bridgehead atoms. The number of carbonyl (C=O) groups is 1. The highest BCUT2D eigenvalue weighted by Crippen LogP contribution is 2.42. The van der Waals surface area contributed by atoms with Gasteiger partial charge in [-0.15, -0.1) is 5.10 Å². The molecule has 34 heavy (non-hydrogen) atoms. The van der Waals surface area contributed by atoms with Crippen LogP contribution in [0, 0.1) is 0 Å². The average Bonchev–Trinajstić information content (AvgIpc) is 3.20. The SMILES string of the molecule is CC(C(=O)O)c1ccccc1-c1cc2c(cn1)nnn2[C@H](C)c1c(Cl)ccc(P(C)(C)=O)c1Cl. The second-order valence-electron chi connectivity index (χ2n) is 8.56. The van der Waals surface area contributed by atoms with E-state index < -0.39 is 25.1 Å². The first kappa shape index (κ1) is 24.4. The number of fused-ring (bicyclic) bond motifs is 1. The molecule has 0 spiro atoms. The van der Waals surface area contributed by atoms with Gasteiger partial charge >= 0.3 is 5.97 Å². The first-order valence-electron chi connectivity index (χ1n) is 10.6. The van der Waals surface area contributed by atoms with Gasteiger partial charge in [-0.05, 0) is 50.9 Å². The van der Waals surface area contributed by atoms with Gasteiger partial charge in [0.2, 0.25) is 0 Å². The van der Waals surface area contributed by atoms with Gasteiger partial charge in [0.1, 0.15) is 12.7 Å². The van der Waals surface area contributed by atoms with Gasteiger partial charge in [0.15, 0.2) is 0 Å².